The van der Waals surface area contributed by atoms with E-state index in [9.17, 15) is 4.79 Å². The maximum Gasteiger partial charge on any atom is 0.172 e. The summed E-state index contributed by atoms with van der Waals surface area (Å²) in [5.41, 5.74) is 0.797. The molecule has 0 saturated carbocycles. The Bertz CT molecular complexity index is 531. The molecule has 2 aromatic rings. The van der Waals surface area contributed by atoms with E-state index in [4.69, 9.17) is 4.74 Å². The van der Waals surface area contributed by atoms with Gasteiger partial charge in [-0.3, -0.25) is 9.78 Å². The Hall–Kier alpha value is -1.90. The maximum absolute atomic E-state index is 11.5. The number of benzene rings is 1. The third kappa shape index (κ3) is 2.44. The Balaban J connectivity index is 2.33. The number of nitrogens with zero attached hydrogens (tertiary/aromatic N) is 1. The van der Waals surface area contributed by atoms with Crippen LogP contribution in [0.5, 0.6) is 5.75 Å². The van der Waals surface area contributed by atoms with Crippen LogP contribution in [0.3, 0.4) is 0 Å². The van der Waals surface area contributed by atoms with Gasteiger partial charge in [-0.2, -0.15) is 0 Å². The third-order valence-corrected chi connectivity index (χ3v) is 2.70. The van der Waals surface area contributed by atoms with Crippen LogP contribution in [0.2, 0.25) is 0 Å². The molecule has 1 unspecified atom stereocenters. The van der Waals surface area contributed by atoms with Crippen molar-refractivity contribution in [1.82, 2.24) is 4.98 Å². The Morgan fingerprint density at radius 3 is 2.88 bits per heavy atom. The number of carbonyl (C=O) groups is 1. The van der Waals surface area contributed by atoms with Crippen molar-refractivity contribution >= 4 is 16.7 Å². The molecule has 1 heterocycles. The van der Waals surface area contributed by atoms with Crippen LogP contribution in [-0.4, -0.2) is 16.9 Å². The number of para-hydroxylation sites is 1. The summed E-state index contributed by atoms with van der Waals surface area (Å²) >= 11 is 0. The van der Waals surface area contributed by atoms with E-state index in [1.165, 1.54) is 0 Å². The highest BCUT2D eigenvalue weighted by Gasteiger charge is 2.13. The minimum absolute atomic E-state index is 0.0953. The fourth-order valence-corrected chi connectivity index (χ4v) is 1.71. The normalized spacial score (nSPS) is 12.4. The van der Waals surface area contributed by atoms with Crippen LogP contribution in [-0.2, 0) is 4.79 Å². The van der Waals surface area contributed by atoms with E-state index in [0.717, 1.165) is 10.9 Å². The topological polar surface area (TPSA) is 39.2 Å². The van der Waals surface area contributed by atoms with Gasteiger partial charge in [-0.1, -0.05) is 25.1 Å². The number of hydrogen-bond donors (Lipinski definition) is 0. The first-order chi connectivity index (χ1) is 8.22. The smallest absolute Gasteiger partial charge is 0.172 e. The zero-order chi connectivity index (χ0) is 12.3. The predicted octanol–water partition coefficient (Wildman–Crippen LogP) is 2.98. The summed E-state index contributed by atoms with van der Waals surface area (Å²) in [5.74, 6) is 0.760. The molecule has 0 fully saturated rings. The van der Waals surface area contributed by atoms with Crippen molar-refractivity contribution in [2.75, 3.05) is 0 Å². The van der Waals surface area contributed by atoms with Gasteiger partial charge in [0.05, 0.1) is 0 Å². The van der Waals surface area contributed by atoms with Crippen LogP contribution in [0.25, 0.3) is 10.9 Å². The van der Waals surface area contributed by atoms with E-state index in [0.29, 0.717) is 12.2 Å². The van der Waals surface area contributed by atoms with E-state index in [1.54, 1.807) is 13.1 Å². The number of rotatable bonds is 4. The van der Waals surface area contributed by atoms with E-state index < -0.39 is 6.10 Å². The molecular formula is C14H15NO2. The molecule has 0 saturated heterocycles. The van der Waals surface area contributed by atoms with Crippen molar-refractivity contribution in [3.8, 4) is 5.75 Å². The van der Waals surface area contributed by atoms with Gasteiger partial charge in [-0.15, -0.1) is 0 Å². The average molecular weight is 229 g/mol. The number of hydrogen-bond acceptors (Lipinski definition) is 3. The molecule has 0 aliphatic carbocycles. The van der Waals surface area contributed by atoms with Gasteiger partial charge in [0.25, 0.3) is 0 Å². The predicted molar refractivity (Wildman–Crippen MR) is 67.1 cm³/mol. The minimum Gasteiger partial charge on any atom is -0.481 e. The SMILES string of the molecule is CCC(=O)C(C)Oc1cccc2cccnc12. The summed E-state index contributed by atoms with van der Waals surface area (Å²) in [6, 6.07) is 9.58. The van der Waals surface area contributed by atoms with Crippen LogP contribution in [0, 0.1) is 0 Å². The van der Waals surface area contributed by atoms with Crippen LogP contribution in [0.4, 0.5) is 0 Å². The molecule has 0 N–H and O–H groups in total. The molecule has 0 spiro atoms. The molecule has 1 atom stereocenters. The molecule has 0 aliphatic heterocycles. The van der Waals surface area contributed by atoms with Crippen LogP contribution in [0.1, 0.15) is 20.3 Å². The Morgan fingerprint density at radius 1 is 1.35 bits per heavy atom. The molecule has 3 nitrogen and oxygen atoms in total. The van der Waals surface area contributed by atoms with E-state index in [2.05, 4.69) is 4.98 Å². The summed E-state index contributed by atoms with van der Waals surface area (Å²) in [7, 11) is 0. The monoisotopic (exact) mass is 229 g/mol. The second-order valence-electron chi connectivity index (χ2n) is 3.91. The summed E-state index contributed by atoms with van der Waals surface area (Å²) in [6.45, 7) is 3.61. The van der Waals surface area contributed by atoms with E-state index in [-0.39, 0.29) is 5.78 Å². The van der Waals surface area contributed by atoms with Crippen molar-refractivity contribution in [1.29, 1.82) is 0 Å². The second-order valence-corrected chi connectivity index (χ2v) is 3.91. The molecule has 3 heteroatoms. The summed E-state index contributed by atoms with van der Waals surface area (Å²) < 4.78 is 5.67. The summed E-state index contributed by atoms with van der Waals surface area (Å²) in [4.78, 5) is 15.8. The zero-order valence-corrected chi connectivity index (χ0v) is 10.0. The molecular weight excluding hydrogens is 214 g/mol. The van der Waals surface area contributed by atoms with Crippen molar-refractivity contribution in [2.45, 2.75) is 26.4 Å². The number of aromatic nitrogens is 1. The molecule has 0 aliphatic rings. The molecule has 2 rings (SSSR count). The van der Waals surface area contributed by atoms with Crippen molar-refractivity contribution < 1.29 is 9.53 Å². The fraction of sp³-hybridized carbons (Fsp3) is 0.286. The molecule has 88 valence electrons. The van der Waals surface area contributed by atoms with Crippen molar-refractivity contribution in [3.05, 3.63) is 36.5 Å². The Morgan fingerprint density at radius 2 is 2.12 bits per heavy atom. The number of ether oxygens (including phenoxy) is 1. The first-order valence-electron chi connectivity index (χ1n) is 5.75. The summed E-state index contributed by atoms with van der Waals surface area (Å²) in [5, 5.41) is 1.01. The largest absolute Gasteiger partial charge is 0.481 e. The van der Waals surface area contributed by atoms with Crippen molar-refractivity contribution in [2.24, 2.45) is 0 Å². The minimum atomic E-state index is -0.424. The number of fused-ring (bicyclic) bond motifs is 1. The third-order valence-electron chi connectivity index (χ3n) is 2.70. The summed E-state index contributed by atoms with van der Waals surface area (Å²) in [6.07, 6.45) is 1.79. The lowest BCUT2D eigenvalue weighted by atomic mass is 10.2. The van der Waals surface area contributed by atoms with Gasteiger partial charge in [0.2, 0.25) is 0 Å². The van der Waals surface area contributed by atoms with Crippen LogP contribution in [0.15, 0.2) is 36.5 Å². The molecule has 0 amide bonds. The lowest BCUT2D eigenvalue weighted by Crippen LogP contribution is -2.22. The van der Waals surface area contributed by atoms with Gasteiger partial charge in [-0.25, -0.2) is 0 Å². The van der Waals surface area contributed by atoms with Crippen molar-refractivity contribution in [3.63, 3.8) is 0 Å². The number of pyridine rings is 1. The van der Waals surface area contributed by atoms with Gasteiger partial charge in [-0.05, 0) is 19.1 Å². The Labute approximate surface area is 100 Å². The first-order valence-corrected chi connectivity index (χ1v) is 5.75. The molecule has 0 radical (unpaired) electrons. The highest BCUT2D eigenvalue weighted by atomic mass is 16.5. The molecule has 0 bridgehead atoms. The Kier molecular flexibility index (Phi) is 3.38. The number of Topliss-reactive ketones (excluding diaryl/α,β-unsaturated/α-hetero) is 1. The highest BCUT2D eigenvalue weighted by Crippen LogP contribution is 2.24. The average Bonchev–Trinajstić information content (AvgIpc) is 2.38. The van der Waals surface area contributed by atoms with Gasteiger partial charge in [0.1, 0.15) is 11.3 Å². The molecule has 1 aromatic heterocycles. The second kappa shape index (κ2) is 4.95. The highest BCUT2D eigenvalue weighted by molar-refractivity contribution is 5.86. The zero-order valence-electron chi connectivity index (χ0n) is 10.0. The van der Waals surface area contributed by atoms with Crippen LogP contribution < -0.4 is 4.74 Å². The number of carbonyl (C=O) groups excluding carboxylic acids is 1. The lowest BCUT2D eigenvalue weighted by molar-refractivity contribution is -0.124. The van der Waals surface area contributed by atoms with Gasteiger partial charge >= 0.3 is 0 Å². The van der Waals surface area contributed by atoms with Gasteiger partial charge < -0.3 is 4.74 Å². The lowest BCUT2D eigenvalue weighted by Gasteiger charge is -2.13. The fourth-order valence-electron chi connectivity index (χ4n) is 1.71. The molecule has 1 aromatic carbocycles. The van der Waals surface area contributed by atoms with Gasteiger partial charge in [0.15, 0.2) is 11.9 Å². The first kappa shape index (κ1) is 11.6. The van der Waals surface area contributed by atoms with Gasteiger partial charge in [0, 0.05) is 18.0 Å². The maximum atomic E-state index is 11.5. The quantitative estimate of drug-likeness (QED) is 0.809. The standard InChI is InChI=1S/C14H15NO2/c1-3-12(16)10(2)17-13-8-4-6-11-7-5-9-15-14(11)13/h4-10H,3H2,1-2H3. The van der Waals surface area contributed by atoms with Crippen LogP contribution >= 0.6 is 0 Å². The van der Waals surface area contributed by atoms with E-state index in [1.807, 2.05) is 37.3 Å². The molecule has 17 heavy (non-hydrogen) atoms. The van der Waals surface area contributed by atoms with E-state index >= 15 is 0 Å². The number of ketones is 1.